The fourth-order valence-electron chi connectivity index (χ4n) is 3.82. The zero-order valence-corrected chi connectivity index (χ0v) is 19.8. The number of amides is 1. The average molecular weight is 450 g/mol. The van der Waals surface area contributed by atoms with E-state index in [2.05, 4.69) is 46.2 Å². The largest absolute Gasteiger partial charge is 0.450 e. The maximum Gasteiger partial charge on any atom is 0.407 e. The Bertz CT molecular complexity index is 915. The summed E-state index contributed by atoms with van der Waals surface area (Å²) in [4.78, 5) is 18.2. The number of hydrogen-bond donors (Lipinski definition) is 1. The minimum absolute atomic E-state index is 0.199. The van der Waals surface area contributed by atoms with Gasteiger partial charge in [0.05, 0.1) is 18.4 Å². The van der Waals surface area contributed by atoms with Crippen molar-refractivity contribution >= 4 is 6.09 Å². The summed E-state index contributed by atoms with van der Waals surface area (Å²) < 4.78 is 11.4. The molecular weight excluding hydrogens is 414 g/mol. The number of carbonyl (C=O) groups excluding carboxylic acids is 1. The summed E-state index contributed by atoms with van der Waals surface area (Å²) in [5, 5.41) is 2.73. The monoisotopic (exact) mass is 449 g/mol. The lowest BCUT2D eigenvalue weighted by Crippen LogP contribution is -2.35. The SMILES string of the molecule is CCOC(=O)NCCCCC#Cc1cccc(C(OC2CCN(C)CC2)c2ccccn2)c1. The van der Waals surface area contributed by atoms with Gasteiger partial charge >= 0.3 is 6.09 Å². The van der Waals surface area contributed by atoms with Crippen LogP contribution in [0.15, 0.2) is 48.7 Å². The molecule has 1 amide bonds. The summed E-state index contributed by atoms with van der Waals surface area (Å²) in [5.74, 6) is 6.53. The summed E-state index contributed by atoms with van der Waals surface area (Å²) in [6, 6.07) is 14.3. The number of unbranched alkanes of at least 4 members (excludes halogenated alkanes) is 2. The van der Waals surface area contributed by atoms with E-state index >= 15 is 0 Å². The van der Waals surface area contributed by atoms with Crippen LogP contribution in [0.1, 0.15) is 62.0 Å². The molecule has 1 fully saturated rings. The van der Waals surface area contributed by atoms with Crippen LogP contribution in [0.5, 0.6) is 0 Å². The van der Waals surface area contributed by atoms with Crippen molar-refractivity contribution in [3.05, 3.63) is 65.5 Å². The summed E-state index contributed by atoms with van der Waals surface area (Å²) in [6.07, 6.45) is 6.14. The van der Waals surface area contributed by atoms with E-state index in [0.29, 0.717) is 13.2 Å². The molecular formula is C27H35N3O3. The second-order valence-electron chi connectivity index (χ2n) is 8.30. The Hall–Kier alpha value is -2.88. The molecule has 1 atom stereocenters. The van der Waals surface area contributed by atoms with Crippen LogP contribution in [0.3, 0.4) is 0 Å². The average Bonchev–Trinajstić information content (AvgIpc) is 2.84. The molecule has 1 saturated heterocycles. The molecule has 1 aliphatic heterocycles. The number of rotatable bonds is 9. The lowest BCUT2D eigenvalue weighted by Gasteiger charge is -2.32. The molecule has 2 heterocycles. The van der Waals surface area contributed by atoms with Gasteiger partial charge in [-0.25, -0.2) is 4.79 Å². The van der Waals surface area contributed by atoms with Crippen molar-refractivity contribution in [2.24, 2.45) is 0 Å². The molecule has 176 valence electrons. The van der Waals surface area contributed by atoms with Gasteiger partial charge in [-0.1, -0.05) is 30.0 Å². The standard InChI is InChI=1S/C27H35N3O3/c1-3-32-27(31)29-18-8-5-4-6-11-22-12-10-13-23(21-22)26(25-14-7-9-17-28-25)33-24-15-19-30(2)20-16-24/h7,9-10,12-14,17,21,24,26H,3-5,8,15-16,18-20H2,1-2H3,(H,29,31). The Kier molecular flexibility index (Phi) is 10.2. The molecule has 0 spiro atoms. The summed E-state index contributed by atoms with van der Waals surface area (Å²) >= 11 is 0. The minimum Gasteiger partial charge on any atom is -0.450 e. The third-order valence-electron chi connectivity index (χ3n) is 5.65. The zero-order chi connectivity index (χ0) is 23.3. The zero-order valence-electron chi connectivity index (χ0n) is 19.8. The summed E-state index contributed by atoms with van der Waals surface area (Å²) in [6.45, 7) is 4.90. The normalized spacial score (nSPS) is 15.3. The van der Waals surface area contributed by atoms with Crippen molar-refractivity contribution in [3.63, 3.8) is 0 Å². The fraction of sp³-hybridized carbons (Fsp3) is 0.481. The highest BCUT2D eigenvalue weighted by Gasteiger charge is 2.24. The van der Waals surface area contributed by atoms with Crippen LogP contribution < -0.4 is 5.32 Å². The molecule has 0 aliphatic carbocycles. The van der Waals surface area contributed by atoms with E-state index in [9.17, 15) is 4.79 Å². The Morgan fingerprint density at radius 1 is 1.21 bits per heavy atom. The van der Waals surface area contributed by atoms with Crippen molar-refractivity contribution in [3.8, 4) is 11.8 Å². The first-order valence-electron chi connectivity index (χ1n) is 11.9. The molecule has 1 aliphatic rings. The quantitative estimate of drug-likeness (QED) is 0.449. The Morgan fingerprint density at radius 3 is 2.82 bits per heavy atom. The second kappa shape index (κ2) is 13.6. The lowest BCUT2D eigenvalue weighted by atomic mass is 10.0. The Morgan fingerprint density at radius 2 is 2.06 bits per heavy atom. The third kappa shape index (κ3) is 8.53. The number of piperidine rings is 1. The first kappa shape index (κ1) is 24.8. The molecule has 6 nitrogen and oxygen atoms in total. The number of nitrogens with zero attached hydrogens (tertiary/aromatic N) is 2. The van der Waals surface area contributed by atoms with Gasteiger partial charge in [0.15, 0.2) is 0 Å². The van der Waals surface area contributed by atoms with Crippen molar-refractivity contribution in [1.29, 1.82) is 0 Å². The van der Waals surface area contributed by atoms with Gasteiger partial charge in [-0.2, -0.15) is 0 Å². The van der Waals surface area contributed by atoms with Crippen LogP contribution in [0.25, 0.3) is 0 Å². The first-order chi connectivity index (χ1) is 16.2. The number of benzene rings is 1. The molecule has 1 aromatic carbocycles. The fourth-order valence-corrected chi connectivity index (χ4v) is 3.82. The topological polar surface area (TPSA) is 63.7 Å². The van der Waals surface area contributed by atoms with Crippen molar-refractivity contribution in [2.45, 2.75) is 51.2 Å². The van der Waals surface area contributed by atoms with E-state index in [0.717, 1.165) is 62.0 Å². The Labute approximate surface area is 197 Å². The molecule has 2 aromatic rings. The number of likely N-dealkylation sites (tertiary alicyclic amines) is 1. The van der Waals surface area contributed by atoms with Crippen LogP contribution in [0, 0.1) is 11.8 Å². The van der Waals surface area contributed by atoms with Gasteiger partial charge in [0, 0.05) is 37.8 Å². The Balaban J connectivity index is 1.59. The molecule has 1 aromatic heterocycles. The molecule has 3 rings (SSSR count). The highest BCUT2D eigenvalue weighted by Crippen LogP contribution is 2.29. The van der Waals surface area contributed by atoms with Crippen LogP contribution in [-0.2, 0) is 9.47 Å². The van der Waals surface area contributed by atoms with Crippen LogP contribution in [0.4, 0.5) is 4.79 Å². The lowest BCUT2D eigenvalue weighted by molar-refractivity contribution is -0.0250. The predicted octanol–water partition coefficient (Wildman–Crippen LogP) is 4.55. The van der Waals surface area contributed by atoms with E-state index in [4.69, 9.17) is 9.47 Å². The maximum atomic E-state index is 11.3. The highest BCUT2D eigenvalue weighted by molar-refractivity contribution is 5.66. The number of hydrogen-bond acceptors (Lipinski definition) is 5. The summed E-state index contributed by atoms with van der Waals surface area (Å²) in [5.41, 5.74) is 2.98. The number of nitrogens with one attached hydrogen (secondary N) is 1. The van der Waals surface area contributed by atoms with Crippen LogP contribution in [-0.4, -0.2) is 55.4 Å². The van der Waals surface area contributed by atoms with Crippen molar-refractivity contribution in [2.75, 3.05) is 33.3 Å². The number of alkyl carbamates (subject to hydrolysis) is 1. The highest BCUT2D eigenvalue weighted by atomic mass is 16.5. The molecule has 1 N–H and O–H groups in total. The van der Waals surface area contributed by atoms with Gasteiger partial charge in [-0.15, -0.1) is 0 Å². The predicted molar refractivity (Wildman–Crippen MR) is 130 cm³/mol. The van der Waals surface area contributed by atoms with Gasteiger partial charge in [0.1, 0.15) is 6.10 Å². The number of carbonyl (C=O) groups is 1. The van der Waals surface area contributed by atoms with Gasteiger partial charge in [0.2, 0.25) is 0 Å². The van der Waals surface area contributed by atoms with Gasteiger partial charge < -0.3 is 19.7 Å². The number of pyridine rings is 1. The molecule has 0 bridgehead atoms. The number of aromatic nitrogens is 1. The number of ether oxygens (including phenoxy) is 2. The van der Waals surface area contributed by atoms with Crippen molar-refractivity contribution < 1.29 is 14.3 Å². The maximum absolute atomic E-state index is 11.3. The van der Waals surface area contributed by atoms with E-state index < -0.39 is 0 Å². The van der Waals surface area contributed by atoms with Crippen molar-refractivity contribution in [1.82, 2.24) is 15.2 Å². The molecule has 0 radical (unpaired) electrons. The van der Waals surface area contributed by atoms with Gasteiger partial charge in [0.25, 0.3) is 0 Å². The second-order valence-corrected chi connectivity index (χ2v) is 8.30. The van der Waals surface area contributed by atoms with Gasteiger partial charge in [-0.3, -0.25) is 4.98 Å². The molecule has 1 unspecified atom stereocenters. The van der Waals surface area contributed by atoms with E-state index in [-0.39, 0.29) is 18.3 Å². The molecule has 33 heavy (non-hydrogen) atoms. The van der Waals surface area contributed by atoms with E-state index in [1.54, 1.807) is 6.92 Å². The van der Waals surface area contributed by atoms with Crippen LogP contribution >= 0.6 is 0 Å². The van der Waals surface area contributed by atoms with E-state index in [1.807, 2.05) is 36.5 Å². The summed E-state index contributed by atoms with van der Waals surface area (Å²) in [7, 11) is 2.16. The first-order valence-corrected chi connectivity index (χ1v) is 11.9. The molecule has 6 heteroatoms. The van der Waals surface area contributed by atoms with Gasteiger partial charge in [-0.05, 0) is 69.5 Å². The third-order valence-corrected chi connectivity index (χ3v) is 5.65. The molecule has 0 saturated carbocycles. The minimum atomic E-state index is -0.356. The smallest absolute Gasteiger partial charge is 0.407 e. The van der Waals surface area contributed by atoms with Crippen LogP contribution in [0.2, 0.25) is 0 Å². The van der Waals surface area contributed by atoms with E-state index in [1.165, 1.54) is 0 Å².